The topological polar surface area (TPSA) is 85.4 Å². The molecule has 0 saturated carbocycles. The van der Waals surface area contributed by atoms with E-state index in [1.165, 1.54) is 0 Å². The van der Waals surface area contributed by atoms with Crippen molar-refractivity contribution in [2.75, 3.05) is 12.3 Å². The van der Waals surface area contributed by atoms with Crippen LogP contribution in [0.4, 0.5) is 14.6 Å². The van der Waals surface area contributed by atoms with Crippen LogP contribution in [0.1, 0.15) is 24.6 Å². The summed E-state index contributed by atoms with van der Waals surface area (Å²) in [6.45, 7) is 1.84. The highest BCUT2D eigenvalue weighted by atomic mass is 19.3. The molecule has 0 radical (unpaired) electrons. The van der Waals surface area contributed by atoms with E-state index >= 15 is 0 Å². The van der Waals surface area contributed by atoms with Gasteiger partial charge in [0.1, 0.15) is 11.6 Å². The molecule has 1 rings (SSSR count). The zero-order valence-corrected chi connectivity index (χ0v) is 9.11. The second-order valence-electron chi connectivity index (χ2n) is 3.22. The Morgan fingerprint density at radius 1 is 1.65 bits per heavy atom. The van der Waals surface area contributed by atoms with Crippen molar-refractivity contribution >= 4 is 11.8 Å². The first-order valence-electron chi connectivity index (χ1n) is 4.87. The molecule has 0 unspecified atom stereocenters. The smallest absolute Gasteiger partial charge is 0.310 e. The number of pyridine rings is 1. The number of aromatic hydroxyl groups is 1. The summed E-state index contributed by atoms with van der Waals surface area (Å²) >= 11 is 0. The van der Waals surface area contributed by atoms with Crippen molar-refractivity contribution in [3.05, 3.63) is 17.3 Å². The van der Waals surface area contributed by atoms with Crippen molar-refractivity contribution in [3.8, 4) is 5.75 Å². The number of carbonyl (C=O) groups excluding carboxylic acids is 1. The van der Waals surface area contributed by atoms with E-state index in [0.717, 1.165) is 6.07 Å². The predicted octanol–water partition coefficient (Wildman–Crippen LogP) is 1.41. The number of nitrogens with zero attached hydrogens (tertiary/aromatic N) is 1. The van der Waals surface area contributed by atoms with E-state index in [1.54, 1.807) is 6.92 Å². The van der Waals surface area contributed by atoms with Crippen LogP contribution in [0.2, 0.25) is 0 Å². The molecule has 94 valence electrons. The summed E-state index contributed by atoms with van der Waals surface area (Å²) in [5.74, 6) is -1.47. The summed E-state index contributed by atoms with van der Waals surface area (Å²) in [6.07, 6.45) is -3.14. The van der Waals surface area contributed by atoms with Gasteiger partial charge in [-0.2, -0.15) is 0 Å². The number of ether oxygens (including phenoxy) is 1. The van der Waals surface area contributed by atoms with Crippen LogP contribution in [0, 0.1) is 0 Å². The van der Waals surface area contributed by atoms with Gasteiger partial charge in [-0.3, -0.25) is 4.79 Å². The van der Waals surface area contributed by atoms with Gasteiger partial charge in [0.25, 0.3) is 6.43 Å². The minimum absolute atomic E-state index is 0.158. The molecule has 0 atom stereocenters. The van der Waals surface area contributed by atoms with Gasteiger partial charge in [0.15, 0.2) is 5.69 Å². The van der Waals surface area contributed by atoms with E-state index < -0.39 is 23.8 Å². The first-order chi connectivity index (χ1) is 7.95. The van der Waals surface area contributed by atoms with Gasteiger partial charge in [0, 0.05) is 5.56 Å². The van der Waals surface area contributed by atoms with Crippen molar-refractivity contribution in [3.63, 3.8) is 0 Å². The molecule has 0 saturated heterocycles. The largest absolute Gasteiger partial charge is 0.506 e. The molecule has 5 nitrogen and oxygen atoms in total. The van der Waals surface area contributed by atoms with Crippen molar-refractivity contribution in [1.82, 2.24) is 4.98 Å². The number of anilines is 1. The van der Waals surface area contributed by atoms with Crippen molar-refractivity contribution in [2.45, 2.75) is 19.8 Å². The lowest BCUT2D eigenvalue weighted by molar-refractivity contribution is -0.142. The van der Waals surface area contributed by atoms with E-state index in [0.29, 0.717) is 0 Å². The molecule has 1 aromatic heterocycles. The van der Waals surface area contributed by atoms with Gasteiger partial charge in [0.2, 0.25) is 0 Å². The van der Waals surface area contributed by atoms with E-state index in [4.69, 9.17) is 5.73 Å². The average molecular weight is 246 g/mol. The van der Waals surface area contributed by atoms with Crippen molar-refractivity contribution < 1.29 is 23.4 Å². The summed E-state index contributed by atoms with van der Waals surface area (Å²) in [6, 6.07) is 1.00. The van der Waals surface area contributed by atoms with Crippen molar-refractivity contribution in [2.24, 2.45) is 0 Å². The van der Waals surface area contributed by atoms with Crippen LogP contribution in [-0.2, 0) is 16.0 Å². The summed E-state index contributed by atoms with van der Waals surface area (Å²) in [4.78, 5) is 14.5. The van der Waals surface area contributed by atoms with Crippen LogP contribution in [0.25, 0.3) is 0 Å². The molecular weight excluding hydrogens is 234 g/mol. The lowest BCUT2D eigenvalue weighted by atomic mass is 10.1. The minimum Gasteiger partial charge on any atom is -0.506 e. The van der Waals surface area contributed by atoms with E-state index in [1.807, 2.05) is 0 Å². The maximum atomic E-state index is 12.4. The molecule has 0 aliphatic carbocycles. The summed E-state index contributed by atoms with van der Waals surface area (Å²) in [5, 5.41) is 9.28. The molecule has 3 N–H and O–H groups in total. The Hall–Kier alpha value is -1.92. The number of esters is 1. The highest BCUT2D eigenvalue weighted by Crippen LogP contribution is 2.29. The molecule has 0 aromatic carbocycles. The maximum Gasteiger partial charge on any atom is 0.310 e. The highest BCUT2D eigenvalue weighted by molar-refractivity contribution is 5.74. The van der Waals surface area contributed by atoms with Gasteiger partial charge in [-0.05, 0) is 13.0 Å². The Kier molecular flexibility index (Phi) is 4.19. The standard InChI is InChI=1S/C10H12F2N2O3/c1-2-17-7(16)4-5-3-6(15)8(9(11)12)14-10(5)13/h3,9,15H,2,4H2,1H3,(H2,13,14). The Labute approximate surface area is 96.2 Å². The Morgan fingerprint density at radius 2 is 2.29 bits per heavy atom. The fraction of sp³-hybridized carbons (Fsp3) is 0.400. The third kappa shape index (κ3) is 3.27. The number of hydrogen-bond donors (Lipinski definition) is 2. The summed E-state index contributed by atoms with van der Waals surface area (Å²) in [5.41, 5.74) is 4.77. The highest BCUT2D eigenvalue weighted by Gasteiger charge is 2.18. The number of halogens is 2. The number of nitrogen functional groups attached to an aromatic ring is 1. The molecule has 1 heterocycles. The SMILES string of the molecule is CCOC(=O)Cc1cc(O)c(C(F)F)nc1N. The minimum atomic E-state index is -2.92. The molecule has 17 heavy (non-hydrogen) atoms. The average Bonchev–Trinajstić information content (AvgIpc) is 2.22. The first-order valence-corrected chi connectivity index (χ1v) is 4.87. The van der Waals surface area contributed by atoms with Gasteiger partial charge in [0.05, 0.1) is 13.0 Å². The fourth-order valence-corrected chi connectivity index (χ4v) is 1.24. The number of hydrogen-bond acceptors (Lipinski definition) is 5. The maximum absolute atomic E-state index is 12.4. The lowest BCUT2D eigenvalue weighted by Gasteiger charge is -2.08. The second-order valence-corrected chi connectivity index (χ2v) is 3.22. The molecule has 0 amide bonds. The second kappa shape index (κ2) is 5.42. The molecule has 0 aliphatic heterocycles. The van der Waals surface area contributed by atoms with Gasteiger partial charge in [-0.1, -0.05) is 0 Å². The van der Waals surface area contributed by atoms with Gasteiger partial charge in [-0.15, -0.1) is 0 Å². The van der Waals surface area contributed by atoms with E-state index in [2.05, 4.69) is 9.72 Å². The number of alkyl halides is 2. The number of rotatable bonds is 4. The Bertz CT molecular complexity index is 424. The lowest BCUT2D eigenvalue weighted by Crippen LogP contribution is -2.11. The van der Waals surface area contributed by atoms with Gasteiger partial charge >= 0.3 is 5.97 Å². The van der Waals surface area contributed by atoms with E-state index in [9.17, 15) is 18.7 Å². The molecule has 0 fully saturated rings. The molecule has 0 spiro atoms. The normalized spacial score (nSPS) is 10.6. The van der Waals surface area contributed by atoms with E-state index in [-0.39, 0.29) is 24.4 Å². The number of nitrogens with two attached hydrogens (primary N) is 1. The van der Waals surface area contributed by atoms with Crippen LogP contribution in [-0.4, -0.2) is 22.7 Å². The van der Waals surface area contributed by atoms with Crippen LogP contribution in [0.5, 0.6) is 5.75 Å². The van der Waals surface area contributed by atoms with Crippen LogP contribution >= 0.6 is 0 Å². The fourth-order valence-electron chi connectivity index (χ4n) is 1.24. The summed E-state index contributed by atoms with van der Waals surface area (Å²) in [7, 11) is 0. The third-order valence-electron chi connectivity index (χ3n) is 1.99. The van der Waals surface area contributed by atoms with Gasteiger partial charge < -0.3 is 15.6 Å². The summed E-state index contributed by atoms with van der Waals surface area (Å²) < 4.78 is 29.4. The zero-order valence-electron chi connectivity index (χ0n) is 9.11. The number of carbonyl (C=O) groups is 1. The molecule has 0 bridgehead atoms. The molecule has 1 aromatic rings. The molecule has 7 heteroatoms. The van der Waals surface area contributed by atoms with Crippen LogP contribution < -0.4 is 5.73 Å². The monoisotopic (exact) mass is 246 g/mol. The predicted molar refractivity (Wildman–Crippen MR) is 55.6 cm³/mol. The Morgan fingerprint density at radius 3 is 2.82 bits per heavy atom. The van der Waals surface area contributed by atoms with Crippen molar-refractivity contribution in [1.29, 1.82) is 0 Å². The van der Waals surface area contributed by atoms with Gasteiger partial charge in [-0.25, -0.2) is 13.8 Å². The quantitative estimate of drug-likeness (QED) is 0.784. The zero-order chi connectivity index (χ0) is 13.0. The molecular formula is C10H12F2N2O3. The van der Waals surface area contributed by atoms with Crippen LogP contribution in [0.3, 0.4) is 0 Å². The Balaban J connectivity index is 2.95. The number of aromatic nitrogens is 1. The molecule has 0 aliphatic rings. The first kappa shape index (κ1) is 13.1. The van der Waals surface area contributed by atoms with Crippen LogP contribution in [0.15, 0.2) is 6.07 Å². The third-order valence-corrected chi connectivity index (χ3v) is 1.99.